The molecule has 0 aromatic heterocycles. The van der Waals surface area contributed by atoms with Crippen LogP contribution in [0.15, 0.2) is 18.2 Å². The number of hydrogen-bond acceptors (Lipinski definition) is 4. The van der Waals surface area contributed by atoms with Gasteiger partial charge in [0, 0.05) is 12.6 Å². The molecule has 5 nitrogen and oxygen atoms in total. The van der Waals surface area contributed by atoms with Crippen molar-refractivity contribution in [3.05, 3.63) is 23.8 Å². The molecule has 1 fully saturated rings. The van der Waals surface area contributed by atoms with E-state index in [0.29, 0.717) is 30.5 Å². The van der Waals surface area contributed by atoms with Crippen LogP contribution in [-0.4, -0.2) is 50.7 Å². The molecular formula is C19H30N2O3. The van der Waals surface area contributed by atoms with Crippen molar-refractivity contribution in [2.75, 3.05) is 33.9 Å². The van der Waals surface area contributed by atoms with Gasteiger partial charge in [-0.1, -0.05) is 13.0 Å². The Morgan fingerprint density at radius 3 is 2.54 bits per heavy atom. The predicted octanol–water partition coefficient (Wildman–Crippen LogP) is 2.48. The highest BCUT2D eigenvalue weighted by molar-refractivity contribution is 5.78. The lowest BCUT2D eigenvalue weighted by Gasteiger charge is -2.35. The van der Waals surface area contributed by atoms with E-state index in [1.54, 1.807) is 14.2 Å². The van der Waals surface area contributed by atoms with Crippen LogP contribution >= 0.6 is 0 Å². The van der Waals surface area contributed by atoms with E-state index in [1.165, 1.54) is 12.8 Å². The van der Waals surface area contributed by atoms with Crippen LogP contribution in [0, 0.1) is 5.92 Å². The lowest BCUT2D eigenvalue weighted by Crippen LogP contribution is -2.45. The summed E-state index contributed by atoms with van der Waals surface area (Å²) >= 11 is 0. The SMILES string of the molecule is COc1ccc(CC(=O)NC[C@@H](C)N2CCC(C)CC2)cc1OC. The summed E-state index contributed by atoms with van der Waals surface area (Å²) in [7, 11) is 3.20. The van der Waals surface area contributed by atoms with Gasteiger partial charge in [-0.15, -0.1) is 0 Å². The van der Waals surface area contributed by atoms with E-state index in [4.69, 9.17) is 9.47 Å². The Labute approximate surface area is 145 Å². The maximum atomic E-state index is 12.2. The van der Waals surface area contributed by atoms with Crippen molar-refractivity contribution in [1.82, 2.24) is 10.2 Å². The molecule has 1 saturated heterocycles. The van der Waals surface area contributed by atoms with Gasteiger partial charge in [0.15, 0.2) is 11.5 Å². The maximum absolute atomic E-state index is 12.2. The highest BCUT2D eigenvalue weighted by Gasteiger charge is 2.20. The van der Waals surface area contributed by atoms with Crippen LogP contribution in [0.25, 0.3) is 0 Å². The lowest BCUT2D eigenvalue weighted by atomic mass is 9.98. The third-order valence-electron chi connectivity index (χ3n) is 4.85. The Bertz CT molecular complexity index is 539. The van der Waals surface area contributed by atoms with Gasteiger partial charge in [-0.05, 0) is 56.5 Å². The Morgan fingerprint density at radius 2 is 1.92 bits per heavy atom. The van der Waals surface area contributed by atoms with Crippen molar-refractivity contribution in [3.63, 3.8) is 0 Å². The number of methoxy groups -OCH3 is 2. The molecule has 134 valence electrons. The predicted molar refractivity (Wildman–Crippen MR) is 95.7 cm³/mol. The summed E-state index contributed by atoms with van der Waals surface area (Å²) < 4.78 is 10.5. The molecule has 0 aliphatic carbocycles. The number of carbonyl (C=O) groups excluding carboxylic acids is 1. The zero-order valence-electron chi connectivity index (χ0n) is 15.3. The molecule has 1 atom stereocenters. The van der Waals surface area contributed by atoms with Crippen LogP contribution in [-0.2, 0) is 11.2 Å². The minimum Gasteiger partial charge on any atom is -0.493 e. The van der Waals surface area contributed by atoms with Gasteiger partial charge >= 0.3 is 0 Å². The summed E-state index contributed by atoms with van der Waals surface area (Å²) in [6, 6.07) is 5.97. The van der Waals surface area contributed by atoms with Crippen molar-refractivity contribution in [2.45, 2.75) is 39.2 Å². The minimum atomic E-state index is 0.0412. The molecule has 0 unspecified atom stereocenters. The van der Waals surface area contributed by atoms with E-state index >= 15 is 0 Å². The monoisotopic (exact) mass is 334 g/mol. The Morgan fingerprint density at radius 1 is 1.25 bits per heavy atom. The number of piperidine rings is 1. The van der Waals surface area contributed by atoms with Crippen molar-refractivity contribution in [3.8, 4) is 11.5 Å². The zero-order chi connectivity index (χ0) is 17.5. The first-order valence-electron chi connectivity index (χ1n) is 8.75. The molecule has 1 aromatic rings. The zero-order valence-corrected chi connectivity index (χ0v) is 15.3. The topological polar surface area (TPSA) is 50.8 Å². The van der Waals surface area contributed by atoms with Crippen LogP contribution in [0.1, 0.15) is 32.3 Å². The van der Waals surface area contributed by atoms with Gasteiger partial charge in [-0.3, -0.25) is 9.69 Å². The molecule has 24 heavy (non-hydrogen) atoms. The van der Waals surface area contributed by atoms with Crippen LogP contribution in [0.4, 0.5) is 0 Å². The van der Waals surface area contributed by atoms with Gasteiger partial charge in [0.2, 0.25) is 5.91 Å². The molecule has 1 aliphatic rings. The number of benzene rings is 1. The van der Waals surface area contributed by atoms with Crippen LogP contribution in [0.2, 0.25) is 0 Å². The van der Waals surface area contributed by atoms with Crippen molar-refractivity contribution in [1.29, 1.82) is 0 Å². The van der Waals surface area contributed by atoms with E-state index in [9.17, 15) is 4.79 Å². The average Bonchev–Trinajstić information content (AvgIpc) is 2.60. The summed E-state index contributed by atoms with van der Waals surface area (Å²) in [5.41, 5.74) is 0.921. The molecule has 0 bridgehead atoms. The summed E-state index contributed by atoms with van der Waals surface area (Å²) in [6.07, 6.45) is 2.86. The summed E-state index contributed by atoms with van der Waals surface area (Å²) in [5, 5.41) is 3.05. The normalized spacial score (nSPS) is 17.3. The maximum Gasteiger partial charge on any atom is 0.224 e. The second-order valence-corrected chi connectivity index (χ2v) is 6.74. The molecule has 2 rings (SSSR count). The van der Waals surface area contributed by atoms with Gasteiger partial charge in [-0.25, -0.2) is 0 Å². The number of rotatable bonds is 7. The van der Waals surface area contributed by atoms with E-state index < -0.39 is 0 Å². The Hall–Kier alpha value is -1.75. The number of ether oxygens (including phenoxy) is 2. The number of likely N-dealkylation sites (tertiary alicyclic amines) is 1. The summed E-state index contributed by atoms with van der Waals surface area (Å²) in [5.74, 6) is 2.20. The van der Waals surface area contributed by atoms with Gasteiger partial charge < -0.3 is 14.8 Å². The molecule has 1 amide bonds. The van der Waals surface area contributed by atoms with Gasteiger partial charge in [0.05, 0.1) is 20.6 Å². The number of carbonyl (C=O) groups is 1. The van der Waals surface area contributed by atoms with E-state index in [-0.39, 0.29) is 5.91 Å². The average molecular weight is 334 g/mol. The van der Waals surface area contributed by atoms with E-state index in [0.717, 1.165) is 24.6 Å². The fraction of sp³-hybridized carbons (Fsp3) is 0.632. The lowest BCUT2D eigenvalue weighted by molar-refractivity contribution is -0.120. The number of nitrogens with one attached hydrogen (secondary N) is 1. The summed E-state index contributed by atoms with van der Waals surface area (Å²) in [6.45, 7) is 7.46. The second kappa shape index (κ2) is 8.92. The minimum absolute atomic E-state index is 0.0412. The number of nitrogens with zero attached hydrogens (tertiary/aromatic N) is 1. The Balaban J connectivity index is 1.80. The highest BCUT2D eigenvalue weighted by Crippen LogP contribution is 2.27. The fourth-order valence-corrected chi connectivity index (χ4v) is 3.10. The smallest absolute Gasteiger partial charge is 0.224 e. The molecule has 1 aliphatic heterocycles. The molecule has 1 heterocycles. The van der Waals surface area contributed by atoms with E-state index in [2.05, 4.69) is 24.1 Å². The molecule has 1 N–H and O–H groups in total. The highest BCUT2D eigenvalue weighted by atomic mass is 16.5. The quantitative estimate of drug-likeness (QED) is 0.832. The number of hydrogen-bond donors (Lipinski definition) is 1. The van der Waals surface area contributed by atoms with Gasteiger partial charge in [0.1, 0.15) is 0 Å². The van der Waals surface area contributed by atoms with E-state index in [1.807, 2.05) is 18.2 Å². The second-order valence-electron chi connectivity index (χ2n) is 6.74. The molecule has 5 heteroatoms. The number of amides is 1. The van der Waals surface area contributed by atoms with Gasteiger partial charge in [0.25, 0.3) is 0 Å². The summed E-state index contributed by atoms with van der Waals surface area (Å²) in [4.78, 5) is 14.7. The third-order valence-corrected chi connectivity index (χ3v) is 4.85. The molecule has 0 radical (unpaired) electrons. The molecule has 1 aromatic carbocycles. The first-order chi connectivity index (χ1) is 11.5. The van der Waals surface area contributed by atoms with Crippen LogP contribution in [0.5, 0.6) is 11.5 Å². The molecule has 0 spiro atoms. The third kappa shape index (κ3) is 5.13. The van der Waals surface area contributed by atoms with Crippen molar-refractivity contribution in [2.24, 2.45) is 5.92 Å². The molecule has 0 saturated carbocycles. The van der Waals surface area contributed by atoms with Crippen molar-refractivity contribution >= 4 is 5.91 Å². The standard InChI is InChI=1S/C19H30N2O3/c1-14-7-9-21(10-8-14)15(2)13-20-19(22)12-16-5-6-17(23-3)18(11-16)24-4/h5-6,11,14-15H,7-10,12-13H2,1-4H3,(H,20,22)/t15-/m1/s1. The van der Waals surface area contributed by atoms with Crippen LogP contribution < -0.4 is 14.8 Å². The van der Waals surface area contributed by atoms with Crippen LogP contribution in [0.3, 0.4) is 0 Å². The fourth-order valence-electron chi connectivity index (χ4n) is 3.10. The van der Waals surface area contributed by atoms with Gasteiger partial charge in [-0.2, -0.15) is 0 Å². The Kier molecular flexibility index (Phi) is 6.91. The molecular weight excluding hydrogens is 304 g/mol. The first kappa shape index (κ1) is 18.6. The largest absolute Gasteiger partial charge is 0.493 e. The first-order valence-corrected chi connectivity index (χ1v) is 8.75. The van der Waals surface area contributed by atoms with Crippen molar-refractivity contribution < 1.29 is 14.3 Å².